The summed E-state index contributed by atoms with van der Waals surface area (Å²) in [6, 6.07) is 5.52. The van der Waals surface area contributed by atoms with E-state index in [0.717, 1.165) is 37.0 Å². The molecule has 19 heavy (non-hydrogen) atoms. The summed E-state index contributed by atoms with van der Waals surface area (Å²) in [7, 11) is 0. The first-order chi connectivity index (χ1) is 9.22. The fraction of sp³-hybridized carbons (Fsp3) is 0.562. The van der Waals surface area contributed by atoms with Crippen molar-refractivity contribution < 1.29 is 14.3 Å². The van der Waals surface area contributed by atoms with Gasteiger partial charge in [0.25, 0.3) is 0 Å². The fourth-order valence-corrected chi connectivity index (χ4v) is 2.24. The first-order valence-electron chi connectivity index (χ1n) is 7.16. The Morgan fingerprint density at radius 1 is 1.26 bits per heavy atom. The summed E-state index contributed by atoms with van der Waals surface area (Å²) >= 11 is 0. The van der Waals surface area contributed by atoms with Gasteiger partial charge >= 0.3 is 0 Å². The Morgan fingerprint density at radius 3 is 2.74 bits per heavy atom. The van der Waals surface area contributed by atoms with E-state index in [0.29, 0.717) is 19.0 Å². The summed E-state index contributed by atoms with van der Waals surface area (Å²) in [6.07, 6.45) is 4.05. The first-order valence-corrected chi connectivity index (χ1v) is 7.16. The van der Waals surface area contributed by atoms with Gasteiger partial charge in [0.05, 0.1) is 13.2 Å². The quantitative estimate of drug-likeness (QED) is 0.756. The van der Waals surface area contributed by atoms with Crippen LogP contribution in [0.25, 0.3) is 0 Å². The molecule has 1 aliphatic rings. The number of ether oxygens (including phenoxy) is 2. The zero-order valence-electron chi connectivity index (χ0n) is 11.8. The Kier molecular flexibility index (Phi) is 4.83. The van der Waals surface area contributed by atoms with E-state index < -0.39 is 0 Å². The zero-order chi connectivity index (χ0) is 13.7. The van der Waals surface area contributed by atoms with Gasteiger partial charge in [0.1, 0.15) is 0 Å². The molecule has 1 aliphatic heterocycles. The van der Waals surface area contributed by atoms with E-state index in [4.69, 9.17) is 9.47 Å². The van der Waals surface area contributed by atoms with Gasteiger partial charge in [0, 0.05) is 17.9 Å². The van der Waals surface area contributed by atoms with Crippen LogP contribution in [0.2, 0.25) is 0 Å². The van der Waals surface area contributed by atoms with Crippen molar-refractivity contribution in [1.82, 2.24) is 0 Å². The van der Waals surface area contributed by atoms with E-state index in [2.05, 4.69) is 6.92 Å². The van der Waals surface area contributed by atoms with E-state index in [9.17, 15) is 4.79 Å². The molecule has 0 radical (unpaired) electrons. The SMILES string of the molecule is CCCCC(C)C(=O)c1ccc2c(c1)OCCCO2. The van der Waals surface area contributed by atoms with Gasteiger partial charge in [0.15, 0.2) is 17.3 Å². The highest BCUT2D eigenvalue weighted by atomic mass is 16.5. The summed E-state index contributed by atoms with van der Waals surface area (Å²) < 4.78 is 11.2. The van der Waals surface area contributed by atoms with E-state index >= 15 is 0 Å². The van der Waals surface area contributed by atoms with Gasteiger partial charge in [-0.1, -0.05) is 26.7 Å². The summed E-state index contributed by atoms with van der Waals surface area (Å²) in [5.74, 6) is 1.72. The summed E-state index contributed by atoms with van der Waals surface area (Å²) in [4.78, 5) is 12.3. The molecule has 1 atom stereocenters. The van der Waals surface area contributed by atoms with Gasteiger partial charge in [-0.15, -0.1) is 0 Å². The van der Waals surface area contributed by atoms with Crippen LogP contribution < -0.4 is 9.47 Å². The minimum atomic E-state index is 0.0738. The second-order valence-corrected chi connectivity index (χ2v) is 5.12. The molecule has 0 aromatic heterocycles. The third kappa shape index (κ3) is 3.49. The van der Waals surface area contributed by atoms with Gasteiger partial charge < -0.3 is 9.47 Å². The van der Waals surface area contributed by atoms with E-state index in [1.54, 1.807) is 0 Å². The number of Topliss-reactive ketones (excluding diaryl/α,β-unsaturated/α-hetero) is 1. The second kappa shape index (κ2) is 6.60. The number of fused-ring (bicyclic) bond motifs is 1. The molecule has 1 aromatic rings. The zero-order valence-corrected chi connectivity index (χ0v) is 11.8. The Bertz CT molecular complexity index is 440. The first kappa shape index (κ1) is 13.9. The van der Waals surface area contributed by atoms with Crippen molar-refractivity contribution >= 4 is 5.78 Å². The van der Waals surface area contributed by atoms with Crippen LogP contribution in [0.3, 0.4) is 0 Å². The van der Waals surface area contributed by atoms with Gasteiger partial charge in [-0.05, 0) is 24.6 Å². The predicted molar refractivity (Wildman–Crippen MR) is 75.1 cm³/mol. The topological polar surface area (TPSA) is 35.5 Å². The number of hydrogen-bond acceptors (Lipinski definition) is 3. The molecule has 0 saturated carbocycles. The number of benzene rings is 1. The normalized spacial score (nSPS) is 15.7. The van der Waals surface area contributed by atoms with Crippen molar-refractivity contribution in [2.45, 2.75) is 39.5 Å². The standard InChI is InChI=1S/C16H22O3/c1-3-4-6-12(2)16(17)13-7-8-14-15(11-13)19-10-5-9-18-14/h7-8,11-12H,3-6,9-10H2,1-2H3. The Balaban J connectivity index is 2.12. The molecule has 0 N–H and O–H groups in total. The molecule has 104 valence electrons. The highest BCUT2D eigenvalue weighted by molar-refractivity contribution is 5.98. The molecule has 3 heteroatoms. The van der Waals surface area contributed by atoms with Crippen LogP contribution in [0.1, 0.15) is 49.9 Å². The fourth-order valence-electron chi connectivity index (χ4n) is 2.24. The lowest BCUT2D eigenvalue weighted by atomic mass is 9.94. The Hall–Kier alpha value is -1.51. The van der Waals surface area contributed by atoms with Crippen LogP contribution in [-0.2, 0) is 0 Å². The molecule has 0 amide bonds. The van der Waals surface area contributed by atoms with Crippen molar-refractivity contribution in [3.63, 3.8) is 0 Å². The predicted octanol–water partition coefficient (Wildman–Crippen LogP) is 3.86. The van der Waals surface area contributed by atoms with Gasteiger partial charge in [0.2, 0.25) is 0 Å². The third-order valence-corrected chi connectivity index (χ3v) is 3.47. The lowest BCUT2D eigenvalue weighted by Crippen LogP contribution is -2.11. The lowest BCUT2D eigenvalue weighted by Gasteiger charge is -2.12. The molecule has 0 aliphatic carbocycles. The maximum Gasteiger partial charge on any atom is 0.165 e. The number of unbranched alkanes of at least 4 members (excludes halogenated alkanes) is 1. The number of ketones is 1. The van der Waals surface area contributed by atoms with E-state index in [1.807, 2.05) is 25.1 Å². The van der Waals surface area contributed by atoms with Crippen molar-refractivity contribution in [2.24, 2.45) is 5.92 Å². The Morgan fingerprint density at radius 2 is 2.00 bits per heavy atom. The van der Waals surface area contributed by atoms with Gasteiger partial charge in [-0.3, -0.25) is 4.79 Å². The Labute approximate surface area is 114 Å². The number of rotatable bonds is 5. The van der Waals surface area contributed by atoms with Crippen LogP contribution in [0.15, 0.2) is 18.2 Å². The monoisotopic (exact) mass is 262 g/mol. The summed E-state index contributed by atoms with van der Waals surface area (Å²) in [6.45, 7) is 5.47. The van der Waals surface area contributed by atoms with Crippen molar-refractivity contribution in [2.75, 3.05) is 13.2 Å². The number of carbonyl (C=O) groups excluding carboxylic acids is 1. The van der Waals surface area contributed by atoms with Crippen LogP contribution >= 0.6 is 0 Å². The molecule has 3 nitrogen and oxygen atoms in total. The van der Waals surface area contributed by atoms with Gasteiger partial charge in [-0.25, -0.2) is 0 Å². The smallest absolute Gasteiger partial charge is 0.165 e. The lowest BCUT2D eigenvalue weighted by molar-refractivity contribution is 0.0922. The average Bonchev–Trinajstić information content (AvgIpc) is 2.68. The number of hydrogen-bond donors (Lipinski definition) is 0. The average molecular weight is 262 g/mol. The third-order valence-electron chi connectivity index (χ3n) is 3.47. The number of carbonyl (C=O) groups is 1. The van der Waals surface area contributed by atoms with Crippen LogP contribution in [0.4, 0.5) is 0 Å². The van der Waals surface area contributed by atoms with Crippen molar-refractivity contribution in [1.29, 1.82) is 0 Å². The molecule has 0 saturated heterocycles. The second-order valence-electron chi connectivity index (χ2n) is 5.12. The molecular formula is C16H22O3. The maximum atomic E-state index is 12.3. The molecule has 0 fully saturated rings. The molecule has 1 aromatic carbocycles. The molecule has 1 heterocycles. The highest BCUT2D eigenvalue weighted by Crippen LogP contribution is 2.31. The maximum absolute atomic E-state index is 12.3. The summed E-state index contributed by atoms with van der Waals surface area (Å²) in [5, 5.41) is 0. The minimum absolute atomic E-state index is 0.0738. The van der Waals surface area contributed by atoms with E-state index in [-0.39, 0.29) is 11.7 Å². The van der Waals surface area contributed by atoms with Crippen LogP contribution in [0, 0.1) is 5.92 Å². The highest BCUT2D eigenvalue weighted by Gasteiger charge is 2.18. The molecule has 2 rings (SSSR count). The van der Waals surface area contributed by atoms with Crippen LogP contribution in [-0.4, -0.2) is 19.0 Å². The van der Waals surface area contributed by atoms with Crippen molar-refractivity contribution in [3.8, 4) is 11.5 Å². The minimum Gasteiger partial charge on any atom is -0.490 e. The molecule has 0 spiro atoms. The molecular weight excluding hydrogens is 240 g/mol. The summed E-state index contributed by atoms with van der Waals surface area (Å²) in [5.41, 5.74) is 0.729. The van der Waals surface area contributed by atoms with E-state index in [1.165, 1.54) is 0 Å². The van der Waals surface area contributed by atoms with Crippen LogP contribution in [0.5, 0.6) is 11.5 Å². The van der Waals surface area contributed by atoms with Gasteiger partial charge in [-0.2, -0.15) is 0 Å². The largest absolute Gasteiger partial charge is 0.490 e. The van der Waals surface area contributed by atoms with Crippen molar-refractivity contribution in [3.05, 3.63) is 23.8 Å². The molecule has 0 bridgehead atoms. The molecule has 1 unspecified atom stereocenters.